The first kappa shape index (κ1) is 17.4. The summed E-state index contributed by atoms with van der Waals surface area (Å²) in [5.74, 6) is 0.576. The van der Waals surface area contributed by atoms with Gasteiger partial charge >= 0.3 is 5.97 Å². The van der Waals surface area contributed by atoms with Gasteiger partial charge in [0.15, 0.2) is 6.61 Å². The Morgan fingerprint density at radius 3 is 2.65 bits per heavy atom. The molecule has 0 N–H and O–H groups in total. The summed E-state index contributed by atoms with van der Waals surface area (Å²) in [5.41, 5.74) is 0.788. The van der Waals surface area contributed by atoms with Gasteiger partial charge in [0.1, 0.15) is 5.78 Å². The van der Waals surface area contributed by atoms with E-state index in [-0.39, 0.29) is 36.2 Å². The van der Waals surface area contributed by atoms with Crippen LogP contribution in [0.1, 0.15) is 38.0 Å². The average Bonchev–Trinajstić information content (AvgIpc) is 3.08. The normalized spacial score (nSPS) is 25.1. The van der Waals surface area contributed by atoms with Crippen LogP contribution in [-0.4, -0.2) is 21.9 Å². The van der Waals surface area contributed by atoms with Crippen molar-refractivity contribution in [2.24, 2.45) is 17.8 Å². The van der Waals surface area contributed by atoms with Crippen molar-refractivity contribution in [3.05, 3.63) is 34.6 Å². The molecule has 7 heteroatoms. The molecule has 0 saturated heterocycles. The number of esters is 1. The molecular weight excluding hydrogens is 400 g/mol. The summed E-state index contributed by atoms with van der Waals surface area (Å²) >= 11 is 3.44. The van der Waals surface area contributed by atoms with Crippen molar-refractivity contribution < 1.29 is 18.7 Å². The van der Waals surface area contributed by atoms with Gasteiger partial charge in [-0.25, -0.2) is 0 Å². The van der Waals surface area contributed by atoms with Crippen molar-refractivity contribution >= 4 is 27.7 Å². The van der Waals surface area contributed by atoms with Gasteiger partial charge in [0.25, 0.3) is 5.89 Å². The summed E-state index contributed by atoms with van der Waals surface area (Å²) < 4.78 is 11.8. The number of nitrogens with zero attached hydrogens (tertiary/aromatic N) is 2. The summed E-state index contributed by atoms with van der Waals surface area (Å²) in [7, 11) is 0. The molecule has 2 fully saturated rings. The molecule has 2 atom stereocenters. The predicted molar refractivity (Wildman–Crippen MR) is 95.8 cm³/mol. The van der Waals surface area contributed by atoms with E-state index in [1.807, 2.05) is 24.3 Å². The maximum atomic E-state index is 12.4. The highest BCUT2D eigenvalue weighted by atomic mass is 79.9. The fourth-order valence-corrected chi connectivity index (χ4v) is 4.43. The maximum absolute atomic E-state index is 12.4. The number of ketones is 1. The van der Waals surface area contributed by atoms with E-state index in [1.165, 1.54) is 0 Å². The lowest BCUT2D eigenvalue weighted by Crippen LogP contribution is -2.39. The molecule has 0 radical (unpaired) electrons. The van der Waals surface area contributed by atoms with E-state index in [2.05, 4.69) is 26.1 Å². The van der Waals surface area contributed by atoms with E-state index in [9.17, 15) is 9.59 Å². The zero-order valence-corrected chi connectivity index (χ0v) is 15.8. The number of hydrogen-bond donors (Lipinski definition) is 0. The Balaban J connectivity index is 1.37. The van der Waals surface area contributed by atoms with Gasteiger partial charge < -0.3 is 9.15 Å². The number of Topliss-reactive ketones (excluding diaryl/α,β-unsaturated/α-hetero) is 1. The molecule has 2 aliphatic carbocycles. The summed E-state index contributed by atoms with van der Waals surface area (Å²) in [6.07, 6.45) is 4.11. The minimum atomic E-state index is -0.268. The van der Waals surface area contributed by atoms with Crippen LogP contribution in [0.5, 0.6) is 0 Å². The van der Waals surface area contributed by atoms with Crippen LogP contribution in [0.15, 0.2) is 33.2 Å². The molecule has 2 aromatic rings. The topological polar surface area (TPSA) is 82.3 Å². The largest absolute Gasteiger partial charge is 0.455 e. The van der Waals surface area contributed by atoms with Crippen molar-refractivity contribution in [1.82, 2.24) is 10.2 Å². The van der Waals surface area contributed by atoms with Crippen LogP contribution in [0.3, 0.4) is 0 Å². The Kier molecular flexibility index (Phi) is 4.89. The number of ether oxygens (including phenoxy) is 1. The summed E-state index contributed by atoms with van der Waals surface area (Å²) in [4.78, 5) is 24.5. The molecule has 0 amide bonds. The first-order valence-corrected chi connectivity index (χ1v) is 9.68. The van der Waals surface area contributed by atoms with Crippen molar-refractivity contribution in [1.29, 1.82) is 0 Å². The first-order valence-electron chi connectivity index (χ1n) is 8.89. The standard InChI is InChI=1S/C19H19BrN2O4/c20-15-7-2-1-6-14(15)18-22-21-16(26-18)10-25-19(24)13-8-11-4-3-5-12(9-13)17(11)23/h1-2,6-7,11-13H,3-5,8-10H2/t11-,12-/m0/s1. The molecule has 26 heavy (non-hydrogen) atoms. The van der Waals surface area contributed by atoms with Crippen LogP contribution in [0.2, 0.25) is 0 Å². The van der Waals surface area contributed by atoms with Gasteiger partial charge in [-0.2, -0.15) is 0 Å². The molecule has 136 valence electrons. The smallest absolute Gasteiger partial charge is 0.309 e. The van der Waals surface area contributed by atoms with E-state index in [4.69, 9.17) is 9.15 Å². The number of aromatic nitrogens is 2. The van der Waals surface area contributed by atoms with Gasteiger partial charge in [-0.1, -0.05) is 18.6 Å². The number of rotatable bonds is 4. The molecule has 0 unspecified atom stereocenters. The third-order valence-electron chi connectivity index (χ3n) is 5.29. The SMILES string of the molecule is O=C(OCc1nnc(-c2ccccc2Br)o1)C1C[C@@H]2CCC[C@@H](C1)C2=O. The third-order valence-corrected chi connectivity index (χ3v) is 5.98. The quantitative estimate of drug-likeness (QED) is 0.699. The summed E-state index contributed by atoms with van der Waals surface area (Å²) in [6.45, 7) is -0.0456. The molecule has 1 heterocycles. The van der Waals surface area contributed by atoms with Crippen LogP contribution in [-0.2, 0) is 20.9 Å². The molecule has 1 aromatic carbocycles. The molecule has 1 aromatic heterocycles. The highest BCUT2D eigenvalue weighted by molar-refractivity contribution is 9.10. The predicted octanol–water partition coefficient (Wildman–Crippen LogP) is 3.94. The van der Waals surface area contributed by atoms with Gasteiger partial charge in [0.05, 0.1) is 11.5 Å². The number of carbonyl (C=O) groups excluding carboxylic acids is 2. The van der Waals surface area contributed by atoms with Crippen molar-refractivity contribution in [2.45, 2.75) is 38.7 Å². The summed E-state index contributed by atoms with van der Waals surface area (Å²) in [5, 5.41) is 7.96. The zero-order valence-electron chi connectivity index (χ0n) is 14.2. The number of hydrogen-bond acceptors (Lipinski definition) is 6. The second-order valence-electron chi connectivity index (χ2n) is 6.98. The van der Waals surface area contributed by atoms with Gasteiger partial charge in [-0.15, -0.1) is 10.2 Å². The number of benzene rings is 1. The maximum Gasteiger partial charge on any atom is 0.309 e. The van der Waals surface area contributed by atoms with Crippen LogP contribution < -0.4 is 0 Å². The van der Waals surface area contributed by atoms with Crippen molar-refractivity contribution in [3.63, 3.8) is 0 Å². The lowest BCUT2D eigenvalue weighted by atomic mass is 9.67. The molecule has 0 aliphatic heterocycles. The Labute approximate surface area is 159 Å². The monoisotopic (exact) mass is 418 g/mol. The Morgan fingerprint density at radius 1 is 1.19 bits per heavy atom. The van der Waals surface area contributed by atoms with Crippen LogP contribution in [0.4, 0.5) is 0 Å². The molecule has 4 rings (SSSR count). The third kappa shape index (κ3) is 3.45. The number of carbonyl (C=O) groups is 2. The van der Waals surface area contributed by atoms with Crippen molar-refractivity contribution in [2.75, 3.05) is 0 Å². The Hall–Kier alpha value is -2.02. The molecule has 6 nitrogen and oxygen atoms in total. The van der Waals surface area contributed by atoms with Crippen LogP contribution in [0.25, 0.3) is 11.5 Å². The highest BCUT2D eigenvalue weighted by Gasteiger charge is 2.41. The lowest BCUT2D eigenvalue weighted by molar-refractivity contribution is -0.155. The molecular formula is C19H19BrN2O4. The first-order chi connectivity index (χ1) is 12.6. The van der Waals surface area contributed by atoms with E-state index in [0.717, 1.165) is 29.3 Å². The minimum Gasteiger partial charge on any atom is -0.455 e. The van der Waals surface area contributed by atoms with Gasteiger partial charge in [-0.05, 0) is 53.7 Å². The van der Waals surface area contributed by atoms with E-state index >= 15 is 0 Å². The van der Waals surface area contributed by atoms with Crippen molar-refractivity contribution in [3.8, 4) is 11.5 Å². The molecule has 2 bridgehead atoms. The molecule has 0 spiro atoms. The Bertz CT molecular complexity index is 818. The lowest BCUT2D eigenvalue weighted by Gasteiger charge is -2.36. The minimum absolute atomic E-state index is 0.0329. The van der Waals surface area contributed by atoms with Crippen LogP contribution >= 0.6 is 15.9 Å². The van der Waals surface area contributed by atoms with E-state index in [1.54, 1.807) is 0 Å². The molecule has 2 aliphatic rings. The van der Waals surface area contributed by atoms with Crippen LogP contribution in [0, 0.1) is 17.8 Å². The summed E-state index contributed by atoms with van der Waals surface area (Å²) in [6, 6.07) is 7.54. The fraction of sp³-hybridized carbons (Fsp3) is 0.474. The van der Waals surface area contributed by atoms with Gasteiger partial charge in [0.2, 0.25) is 5.89 Å². The zero-order chi connectivity index (χ0) is 18.1. The second kappa shape index (κ2) is 7.31. The van der Waals surface area contributed by atoms with E-state index < -0.39 is 0 Å². The fourth-order valence-electron chi connectivity index (χ4n) is 3.98. The molecule has 2 saturated carbocycles. The number of fused-ring (bicyclic) bond motifs is 2. The van der Waals surface area contributed by atoms with Gasteiger partial charge in [-0.3, -0.25) is 9.59 Å². The van der Waals surface area contributed by atoms with E-state index in [0.29, 0.717) is 24.5 Å². The average molecular weight is 419 g/mol. The Morgan fingerprint density at radius 2 is 1.92 bits per heavy atom. The second-order valence-corrected chi connectivity index (χ2v) is 7.84. The van der Waals surface area contributed by atoms with Gasteiger partial charge in [0, 0.05) is 16.3 Å². The highest BCUT2D eigenvalue weighted by Crippen LogP contribution is 2.40. The number of halogens is 1.